The average molecular weight is 296 g/mol. The summed E-state index contributed by atoms with van der Waals surface area (Å²) < 4.78 is 1.53. The predicted molar refractivity (Wildman–Crippen MR) is 86.4 cm³/mol. The van der Waals surface area contributed by atoms with Gasteiger partial charge in [0, 0.05) is 30.5 Å². The molecule has 0 spiro atoms. The minimum atomic E-state index is -0.130. The van der Waals surface area contributed by atoms with Crippen LogP contribution in [0.2, 0.25) is 0 Å². The van der Waals surface area contributed by atoms with Gasteiger partial charge in [0.05, 0.1) is 5.56 Å². The summed E-state index contributed by atoms with van der Waals surface area (Å²) in [5.41, 5.74) is 1.21. The van der Waals surface area contributed by atoms with E-state index < -0.39 is 0 Å². The Bertz CT molecular complexity index is 721. The number of hydrogen-bond acceptors (Lipinski definition) is 2. The third kappa shape index (κ3) is 2.82. The van der Waals surface area contributed by atoms with Crippen LogP contribution in [0.15, 0.2) is 53.5 Å². The highest BCUT2D eigenvalue weighted by molar-refractivity contribution is 5.94. The van der Waals surface area contributed by atoms with Gasteiger partial charge in [-0.2, -0.15) is 0 Å². The topological polar surface area (TPSA) is 42.3 Å². The van der Waals surface area contributed by atoms with E-state index in [2.05, 4.69) is 6.92 Å². The number of likely N-dealkylation sites (tertiary alicyclic amines) is 1. The molecule has 2 heterocycles. The molecule has 0 radical (unpaired) electrons. The first-order valence-electron chi connectivity index (χ1n) is 7.76. The highest BCUT2D eigenvalue weighted by Gasteiger charge is 2.24. The maximum absolute atomic E-state index is 12.7. The van der Waals surface area contributed by atoms with Gasteiger partial charge < -0.3 is 4.90 Å². The molecule has 1 aliphatic rings. The molecule has 1 fully saturated rings. The zero-order valence-corrected chi connectivity index (χ0v) is 12.7. The Hall–Kier alpha value is -2.36. The minimum absolute atomic E-state index is 0.0110. The lowest BCUT2D eigenvalue weighted by Gasteiger charge is -2.33. The van der Waals surface area contributed by atoms with Crippen molar-refractivity contribution in [2.75, 3.05) is 6.54 Å². The van der Waals surface area contributed by atoms with Crippen molar-refractivity contribution in [1.82, 2.24) is 9.47 Å². The molecule has 4 nitrogen and oxygen atoms in total. The van der Waals surface area contributed by atoms with Crippen molar-refractivity contribution in [3.63, 3.8) is 0 Å². The first-order chi connectivity index (χ1) is 10.7. The molecule has 1 aromatic carbocycles. The number of pyridine rings is 1. The molecule has 0 saturated carbocycles. The molecule has 1 amide bonds. The summed E-state index contributed by atoms with van der Waals surface area (Å²) in [6, 6.07) is 12.7. The second-order valence-electron chi connectivity index (χ2n) is 5.80. The van der Waals surface area contributed by atoms with Gasteiger partial charge in [-0.1, -0.05) is 18.2 Å². The molecule has 1 unspecified atom stereocenters. The minimum Gasteiger partial charge on any atom is -0.336 e. The summed E-state index contributed by atoms with van der Waals surface area (Å²) in [7, 11) is 0. The van der Waals surface area contributed by atoms with Gasteiger partial charge in [-0.05, 0) is 44.4 Å². The maximum Gasteiger partial charge on any atom is 0.255 e. The van der Waals surface area contributed by atoms with Gasteiger partial charge in [0.25, 0.3) is 11.5 Å². The summed E-state index contributed by atoms with van der Waals surface area (Å²) in [4.78, 5) is 26.7. The second kappa shape index (κ2) is 6.18. The van der Waals surface area contributed by atoms with Crippen LogP contribution in [-0.2, 0) is 0 Å². The highest BCUT2D eigenvalue weighted by Crippen LogP contribution is 2.19. The standard InChI is InChI=1S/C18H20N2O2/c1-14-7-5-6-12-19(14)18(22)15-10-11-17(21)20(13-15)16-8-3-2-4-9-16/h2-4,8-11,13-14H,5-7,12H2,1H3. The molecule has 1 aliphatic heterocycles. The fourth-order valence-corrected chi connectivity index (χ4v) is 2.97. The molecule has 0 bridgehead atoms. The van der Waals surface area contributed by atoms with Gasteiger partial charge in [-0.3, -0.25) is 14.2 Å². The van der Waals surface area contributed by atoms with Gasteiger partial charge in [0.15, 0.2) is 0 Å². The van der Waals surface area contributed by atoms with Gasteiger partial charge in [0.2, 0.25) is 0 Å². The van der Waals surface area contributed by atoms with Gasteiger partial charge in [0.1, 0.15) is 0 Å². The van der Waals surface area contributed by atoms with Crippen LogP contribution in [0.5, 0.6) is 0 Å². The Balaban J connectivity index is 1.95. The van der Waals surface area contributed by atoms with Crippen molar-refractivity contribution in [1.29, 1.82) is 0 Å². The summed E-state index contributed by atoms with van der Waals surface area (Å²) in [6.45, 7) is 2.88. The first-order valence-corrected chi connectivity index (χ1v) is 7.76. The van der Waals surface area contributed by atoms with Crippen LogP contribution in [0.4, 0.5) is 0 Å². The van der Waals surface area contributed by atoms with Crippen LogP contribution in [0.25, 0.3) is 5.69 Å². The molecule has 114 valence electrons. The quantitative estimate of drug-likeness (QED) is 0.855. The summed E-state index contributed by atoms with van der Waals surface area (Å²) in [5.74, 6) is 0.0110. The number of carbonyl (C=O) groups excluding carboxylic acids is 1. The Kier molecular flexibility index (Phi) is 4.09. The monoisotopic (exact) mass is 296 g/mol. The van der Waals surface area contributed by atoms with Crippen LogP contribution < -0.4 is 5.56 Å². The van der Waals surface area contributed by atoms with E-state index in [1.165, 1.54) is 17.1 Å². The fourth-order valence-electron chi connectivity index (χ4n) is 2.97. The number of rotatable bonds is 2. The van der Waals surface area contributed by atoms with Crippen LogP contribution >= 0.6 is 0 Å². The first kappa shape index (κ1) is 14.6. The van der Waals surface area contributed by atoms with Crippen molar-refractivity contribution in [2.45, 2.75) is 32.2 Å². The third-order valence-corrected chi connectivity index (χ3v) is 4.26. The van der Waals surface area contributed by atoms with Crippen LogP contribution in [0.3, 0.4) is 0 Å². The lowest BCUT2D eigenvalue weighted by atomic mass is 10.0. The van der Waals surface area contributed by atoms with Crippen LogP contribution in [0, 0.1) is 0 Å². The molecule has 1 atom stereocenters. The van der Waals surface area contributed by atoms with Crippen molar-refractivity contribution in [2.24, 2.45) is 0 Å². The van der Waals surface area contributed by atoms with Gasteiger partial charge in [-0.25, -0.2) is 0 Å². The Labute approximate surface area is 130 Å². The molecule has 2 aromatic rings. The van der Waals surface area contributed by atoms with E-state index >= 15 is 0 Å². The smallest absolute Gasteiger partial charge is 0.255 e. The predicted octanol–water partition coefficient (Wildman–Crippen LogP) is 2.85. The molecule has 1 saturated heterocycles. The van der Waals surface area contributed by atoms with E-state index in [0.717, 1.165) is 25.1 Å². The highest BCUT2D eigenvalue weighted by atomic mass is 16.2. The van der Waals surface area contributed by atoms with Crippen molar-refractivity contribution in [3.8, 4) is 5.69 Å². The molecule has 0 N–H and O–H groups in total. The lowest BCUT2D eigenvalue weighted by Crippen LogP contribution is -2.42. The van der Waals surface area contributed by atoms with E-state index in [-0.39, 0.29) is 17.5 Å². The number of benzene rings is 1. The lowest BCUT2D eigenvalue weighted by molar-refractivity contribution is 0.0635. The fraction of sp³-hybridized carbons (Fsp3) is 0.333. The molecule has 1 aromatic heterocycles. The average Bonchev–Trinajstić information content (AvgIpc) is 2.56. The number of hydrogen-bond donors (Lipinski definition) is 0. The number of carbonyl (C=O) groups is 1. The molecule has 22 heavy (non-hydrogen) atoms. The number of aromatic nitrogens is 1. The van der Waals surface area contributed by atoms with Crippen molar-refractivity contribution in [3.05, 3.63) is 64.6 Å². The number of amides is 1. The van der Waals surface area contributed by atoms with Crippen molar-refractivity contribution >= 4 is 5.91 Å². The van der Waals surface area contributed by atoms with E-state index in [9.17, 15) is 9.59 Å². The Morgan fingerprint density at radius 1 is 1.09 bits per heavy atom. The molecule has 3 rings (SSSR count). The summed E-state index contributed by atoms with van der Waals surface area (Å²) in [5, 5.41) is 0. The SMILES string of the molecule is CC1CCCCN1C(=O)c1ccc(=O)n(-c2ccccc2)c1. The zero-order chi connectivity index (χ0) is 15.5. The van der Waals surface area contributed by atoms with E-state index in [1.54, 1.807) is 12.3 Å². The zero-order valence-electron chi connectivity index (χ0n) is 12.7. The summed E-state index contributed by atoms with van der Waals surface area (Å²) >= 11 is 0. The number of piperidine rings is 1. The van der Waals surface area contributed by atoms with E-state index in [0.29, 0.717) is 5.56 Å². The van der Waals surface area contributed by atoms with Crippen LogP contribution in [0.1, 0.15) is 36.5 Å². The summed E-state index contributed by atoms with van der Waals surface area (Å²) in [6.07, 6.45) is 4.92. The number of para-hydroxylation sites is 1. The Morgan fingerprint density at radius 2 is 1.86 bits per heavy atom. The second-order valence-corrected chi connectivity index (χ2v) is 5.80. The largest absolute Gasteiger partial charge is 0.336 e. The third-order valence-electron chi connectivity index (χ3n) is 4.26. The number of nitrogens with zero attached hydrogens (tertiary/aromatic N) is 2. The normalized spacial score (nSPS) is 18.2. The van der Waals surface area contributed by atoms with Gasteiger partial charge >= 0.3 is 0 Å². The Morgan fingerprint density at radius 3 is 2.59 bits per heavy atom. The molecule has 0 aliphatic carbocycles. The van der Waals surface area contributed by atoms with E-state index in [1.807, 2.05) is 35.2 Å². The molecular formula is C18H20N2O2. The van der Waals surface area contributed by atoms with Crippen LogP contribution in [-0.4, -0.2) is 28.0 Å². The molecule has 4 heteroatoms. The van der Waals surface area contributed by atoms with Crippen molar-refractivity contribution < 1.29 is 4.79 Å². The van der Waals surface area contributed by atoms with Gasteiger partial charge in [-0.15, -0.1) is 0 Å². The van der Waals surface area contributed by atoms with E-state index in [4.69, 9.17) is 0 Å². The maximum atomic E-state index is 12.7. The molecular weight excluding hydrogens is 276 g/mol.